The maximum absolute atomic E-state index is 10.7. The van der Waals surface area contributed by atoms with Crippen LogP contribution in [0.2, 0.25) is 0 Å². The first-order chi connectivity index (χ1) is 5.07. The Morgan fingerprint density at radius 3 is 2.36 bits per heavy atom. The zero-order valence-electron chi connectivity index (χ0n) is 5.51. The van der Waals surface area contributed by atoms with Crippen LogP contribution < -0.4 is 3.53 Å². The lowest BCUT2D eigenvalue weighted by atomic mass is 10.2. The second kappa shape index (κ2) is 6.12. The minimum Gasteiger partial charge on any atom is -0.481 e. The highest BCUT2D eigenvalue weighted by Gasteiger charge is 2.14. The van der Waals surface area contributed by atoms with Gasteiger partial charge in [0.2, 0.25) is 3.79 Å². The van der Waals surface area contributed by atoms with Crippen molar-refractivity contribution in [2.75, 3.05) is 0 Å². The van der Waals surface area contributed by atoms with Gasteiger partial charge in [-0.2, -0.15) is 0 Å². The monoisotopic (exact) mass is 383 g/mol. The van der Waals surface area contributed by atoms with Crippen LogP contribution in [0, 0.1) is 0 Å². The van der Waals surface area contributed by atoms with Gasteiger partial charge in [0.15, 0.2) is 0 Å². The summed E-state index contributed by atoms with van der Waals surface area (Å²) in [7, 11) is 0. The molecule has 4 nitrogen and oxygen atoms in total. The topological polar surface area (TPSA) is 66.4 Å². The number of carbonyl (C=O) groups excluding carboxylic acids is 1. The maximum atomic E-state index is 10.7. The van der Waals surface area contributed by atoms with Gasteiger partial charge in [0.05, 0.1) is 6.04 Å². The van der Waals surface area contributed by atoms with Crippen molar-refractivity contribution in [3.63, 3.8) is 0 Å². The van der Waals surface area contributed by atoms with E-state index >= 15 is 0 Å². The average Bonchev–Trinajstić information content (AvgIpc) is 1.87. The van der Waals surface area contributed by atoms with Crippen molar-refractivity contribution in [3.05, 3.63) is 0 Å². The number of carboxylic acids is 1. The highest BCUT2D eigenvalue weighted by atomic mass is 127. The van der Waals surface area contributed by atoms with Gasteiger partial charge in [0.1, 0.15) is 0 Å². The van der Waals surface area contributed by atoms with Crippen LogP contribution in [0.25, 0.3) is 0 Å². The third-order valence-corrected chi connectivity index (χ3v) is 2.56. The normalized spacial score (nSPS) is 12.5. The average molecular weight is 383 g/mol. The molecule has 0 aromatic rings. The Hall–Kier alpha value is 0.560. The van der Waals surface area contributed by atoms with Gasteiger partial charge in [-0.05, 0) is 6.42 Å². The Kier molecular flexibility index (Phi) is 6.43. The number of aliphatic carboxylic acids is 1. The predicted octanol–water partition coefficient (Wildman–Crippen LogP) is 1.12. The lowest BCUT2D eigenvalue weighted by Gasteiger charge is -2.07. The summed E-state index contributed by atoms with van der Waals surface area (Å²) < 4.78 is 2.65. The van der Waals surface area contributed by atoms with Gasteiger partial charge in [-0.25, -0.2) is 3.53 Å². The van der Waals surface area contributed by atoms with Crippen LogP contribution in [0.5, 0.6) is 0 Å². The number of carboxylic acid groups (broad SMARTS) is 1. The molecule has 0 aliphatic rings. The van der Waals surface area contributed by atoms with Gasteiger partial charge in [-0.3, -0.25) is 9.59 Å². The van der Waals surface area contributed by atoms with E-state index in [0.717, 1.165) is 0 Å². The van der Waals surface area contributed by atoms with Crippen LogP contribution in [0.3, 0.4) is 0 Å². The molecule has 1 atom stereocenters. The molecule has 0 heterocycles. The lowest BCUT2D eigenvalue weighted by molar-refractivity contribution is -0.137. The Balaban J connectivity index is 3.70. The third kappa shape index (κ3) is 5.79. The van der Waals surface area contributed by atoms with Gasteiger partial charge >= 0.3 is 5.97 Å². The van der Waals surface area contributed by atoms with E-state index in [1.54, 1.807) is 22.6 Å². The fraction of sp³-hybridized carbons (Fsp3) is 0.600. The molecule has 0 saturated carbocycles. The molecule has 0 aromatic heterocycles. The minimum absolute atomic E-state index is 0.0232. The van der Waals surface area contributed by atoms with E-state index in [-0.39, 0.29) is 16.3 Å². The molecule has 11 heavy (non-hydrogen) atoms. The highest BCUT2D eigenvalue weighted by molar-refractivity contribution is 14.1. The van der Waals surface area contributed by atoms with E-state index in [0.29, 0.717) is 6.42 Å². The molecule has 0 amide bonds. The maximum Gasteiger partial charge on any atom is 0.303 e. The van der Waals surface area contributed by atoms with Crippen molar-refractivity contribution in [1.82, 2.24) is 3.53 Å². The van der Waals surface area contributed by atoms with E-state index in [2.05, 4.69) is 3.53 Å². The molecule has 0 radical (unpaired) electrons. The molecule has 0 aliphatic heterocycles. The van der Waals surface area contributed by atoms with E-state index in [9.17, 15) is 9.59 Å². The molecule has 0 bridgehead atoms. The van der Waals surface area contributed by atoms with Gasteiger partial charge in [0.25, 0.3) is 0 Å². The molecule has 0 aliphatic carbocycles. The summed E-state index contributed by atoms with van der Waals surface area (Å²) >= 11 is 3.50. The lowest BCUT2D eigenvalue weighted by Crippen LogP contribution is -2.27. The summed E-state index contributed by atoms with van der Waals surface area (Å²) in [6.07, 6.45) is 0.370. The van der Waals surface area contributed by atoms with E-state index < -0.39 is 5.97 Å². The largest absolute Gasteiger partial charge is 0.481 e. The zero-order chi connectivity index (χ0) is 8.85. The van der Waals surface area contributed by atoms with E-state index in [1.165, 1.54) is 0 Å². The number of halogens is 2. The number of rotatable bonds is 5. The smallest absolute Gasteiger partial charge is 0.303 e. The Labute approximate surface area is 91.7 Å². The molecule has 6 heteroatoms. The molecular weight excluding hydrogens is 376 g/mol. The molecule has 0 saturated heterocycles. The van der Waals surface area contributed by atoms with Crippen molar-refractivity contribution in [1.29, 1.82) is 0 Å². The fourth-order valence-electron chi connectivity index (χ4n) is 0.479. The summed E-state index contributed by atoms with van der Waals surface area (Å²) in [6.45, 7) is 0. The number of carbonyl (C=O) groups is 2. The Morgan fingerprint density at radius 2 is 2.09 bits per heavy atom. The number of nitrogens with one attached hydrogen (secondary N) is 1. The first-order valence-electron chi connectivity index (χ1n) is 2.85. The first-order valence-corrected chi connectivity index (χ1v) is 5.01. The van der Waals surface area contributed by atoms with Crippen molar-refractivity contribution < 1.29 is 14.7 Å². The third-order valence-electron chi connectivity index (χ3n) is 1.05. The van der Waals surface area contributed by atoms with Crippen LogP contribution in [0.1, 0.15) is 12.8 Å². The van der Waals surface area contributed by atoms with Gasteiger partial charge in [0, 0.05) is 51.9 Å². The van der Waals surface area contributed by atoms with Crippen LogP contribution >= 0.6 is 45.5 Å². The molecule has 0 fully saturated rings. The van der Waals surface area contributed by atoms with Crippen molar-refractivity contribution in [2.24, 2.45) is 0 Å². The summed E-state index contributed by atoms with van der Waals surface area (Å²) in [5, 5.41) is 8.30. The SMILES string of the molecule is O=C(O)CCC(NI)C(=O)I. The summed E-state index contributed by atoms with van der Waals surface area (Å²) in [4.78, 5) is 20.8. The van der Waals surface area contributed by atoms with E-state index in [4.69, 9.17) is 5.11 Å². The van der Waals surface area contributed by atoms with Gasteiger partial charge in [-0.15, -0.1) is 0 Å². The molecule has 0 spiro atoms. The van der Waals surface area contributed by atoms with Gasteiger partial charge < -0.3 is 5.11 Å². The molecule has 64 valence electrons. The van der Waals surface area contributed by atoms with Crippen LogP contribution in [-0.2, 0) is 9.59 Å². The summed E-state index contributed by atoms with van der Waals surface area (Å²) in [5.74, 6) is -0.876. The van der Waals surface area contributed by atoms with Crippen molar-refractivity contribution in [2.45, 2.75) is 18.9 Å². The highest BCUT2D eigenvalue weighted by Crippen LogP contribution is 2.04. The molecule has 1 unspecified atom stereocenters. The molecule has 0 aromatic carbocycles. The minimum atomic E-state index is -0.876. The van der Waals surface area contributed by atoms with Gasteiger partial charge in [-0.1, -0.05) is 0 Å². The van der Waals surface area contributed by atoms with Crippen LogP contribution in [0.15, 0.2) is 0 Å². The second-order valence-electron chi connectivity index (χ2n) is 1.90. The number of hydrogen-bond acceptors (Lipinski definition) is 3. The van der Waals surface area contributed by atoms with Crippen molar-refractivity contribution in [3.8, 4) is 0 Å². The zero-order valence-corrected chi connectivity index (χ0v) is 9.83. The summed E-state index contributed by atoms with van der Waals surface area (Å²) in [5.41, 5.74) is 0. The quantitative estimate of drug-likeness (QED) is 0.425. The standard InChI is InChI=1S/C5H7I2NO3/c6-5(11)3(8-7)1-2-4(9)10/h3,8H,1-2H2,(H,9,10). The number of hydrogen-bond donors (Lipinski definition) is 2. The van der Waals surface area contributed by atoms with Crippen molar-refractivity contribution >= 4 is 55.2 Å². The molecule has 2 N–H and O–H groups in total. The predicted molar refractivity (Wildman–Crippen MR) is 56.8 cm³/mol. The molecular formula is C5H7I2NO3. The Morgan fingerprint density at radius 1 is 1.55 bits per heavy atom. The molecule has 0 rings (SSSR count). The van der Waals surface area contributed by atoms with Crippen LogP contribution in [0.4, 0.5) is 0 Å². The van der Waals surface area contributed by atoms with E-state index in [1.807, 2.05) is 22.9 Å². The first kappa shape index (κ1) is 11.6. The fourth-order valence-corrected chi connectivity index (χ4v) is 2.14. The second-order valence-corrected chi connectivity index (χ2v) is 3.58. The van der Waals surface area contributed by atoms with Crippen LogP contribution in [-0.4, -0.2) is 20.9 Å². The summed E-state index contributed by atoms with van der Waals surface area (Å²) in [6, 6.07) is -0.340. The Bertz CT molecular complexity index is 162.